The molecular formula is C102H64N4O2. The van der Waals surface area contributed by atoms with Gasteiger partial charge >= 0.3 is 0 Å². The van der Waals surface area contributed by atoms with Crippen LogP contribution in [0.4, 0.5) is 0 Å². The van der Waals surface area contributed by atoms with Crippen LogP contribution in [-0.4, -0.2) is 18.3 Å². The first-order chi connectivity index (χ1) is 53.6. The highest BCUT2D eigenvalue weighted by Crippen LogP contribution is 2.45. The lowest BCUT2D eigenvalue weighted by atomic mass is 10.0. The summed E-state index contributed by atoms with van der Waals surface area (Å²) < 4.78 is 22.4. The Hall–Kier alpha value is -14.5. The maximum atomic E-state index is 6.49. The van der Waals surface area contributed by atoms with Crippen molar-refractivity contribution in [3.05, 3.63) is 388 Å². The fraction of sp³-hybridized carbons (Fsp3) is 0. The van der Waals surface area contributed by atoms with Gasteiger partial charge in [0.25, 0.3) is 0 Å². The standard InChI is InChI=1S/C54H34N2O.C48H30N2O/c1-3-13-35(14-4-1)37-17-11-18-41(31-37)55-47-21-9-7-19-42(47)44-32-39(25-28-49(44)55)40-26-29-50-45(33-40)43-20-8-10-22-48(43)56(50)51-23-12-24-53-54(51)46-34-38(27-30-52(46)57-53)36-15-5-2-6-16-36;1-2-12-31(13-3-1)32-14-10-15-35(28-32)49-41-19-7-4-16-36(41)39-29-33(24-26-43(39)49)34-25-27-44-40(30-34)37-17-5-8-20-42(37)50(44)45-21-11-23-47-48(45)38-18-6-9-22-46(38)51-47/h1-34H;1-30H. The van der Waals surface area contributed by atoms with Crippen LogP contribution in [0.5, 0.6) is 0 Å². The predicted molar refractivity (Wildman–Crippen MR) is 452 cm³/mol. The molecule has 6 heteroatoms. The van der Waals surface area contributed by atoms with Gasteiger partial charge in [0, 0.05) is 65.2 Å². The second-order valence-electron chi connectivity index (χ2n) is 28.2. The normalized spacial score (nSPS) is 11.9. The summed E-state index contributed by atoms with van der Waals surface area (Å²) in [6, 6.07) is 140. The van der Waals surface area contributed by atoms with Gasteiger partial charge in [-0.25, -0.2) is 0 Å². The van der Waals surface area contributed by atoms with Crippen molar-refractivity contribution in [1.29, 1.82) is 0 Å². The van der Waals surface area contributed by atoms with Gasteiger partial charge in [0.15, 0.2) is 0 Å². The second-order valence-corrected chi connectivity index (χ2v) is 28.2. The molecule has 23 aromatic rings. The van der Waals surface area contributed by atoms with E-state index < -0.39 is 0 Å². The summed E-state index contributed by atoms with van der Waals surface area (Å²) in [7, 11) is 0. The predicted octanol–water partition coefficient (Wildman–Crippen LogP) is 27.9. The Kier molecular flexibility index (Phi) is 13.9. The Balaban J connectivity index is 0.000000135. The van der Waals surface area contributed by atoms with Gasteiger partial charge in [0.2, 0.25) is 0 Å². The Morgan fingerprint density at radius 1 is 0.148 bits per heavy atom. The lowest BCUT2D eigenvalue weighted by molar-refractivity contribution is 0.668. The first kappa shape index (κ1) is 61.1. The Morgan fingerprint density at radius 2 is 0.417 bits per heavy atom. The van der Waals surface area contributed by atoms with E-state index in [0.717, 1.165) is 72.1 Å². The zero-order valence-electron chi connectivity index (χ0n) is 58.6. The summed E-state index contributed by atoms with van der Waals surface area (Å²) in [4.78, 5) is 0. The topological polar surface area (TPSA) is 46.0 Å². The molecule has 6 nitrogen and oxygen atoms in total. The lowest BCUT2D eigenvalue weighted by Gasteiger charge is -2.11. The minimum absolute atomic E-state index is 0.884. The van der Waals surface area contributed by atoms with E-state index >= 15 is 0 Å². The van der Waals surface area contributed by atoms with Gasteiger partial charge < -0.3 is 27.1 Å². The van der Waals surface area contributed by atoms with E-state index in [-0.39, 0.29) is 0 Å². The zero-order chi connectivity index (χ0) is 70.9. The number of hydrogen-bond acceptors (Lipinski definition) is 2. The van der Waals surface area contributed by atoms with Crippen molar-refractivity contribution in [1.82, 2.24) is 18.3 Å². The van der Waals surface area contributed by atoms with E-state index in [2.05, 4.69) is 394 Å². The molecule has 0 N–H and O–H groups in total. The molecule has 0 aliphatic carbocycles. The highest BCUT2D eigenvalue weighted by molar-refractivity contribution is 6.19. The summed E-state index contributed by atoms with van der Waals surface area (Å²) in [5.41, 5.74) is 29.6. The highest BCUT2D eigenvalue weighted by atomic mass is 16.3. The molecule has 6 aromatic heterocycles. The molecule has 0 amide bonds. The minimum Gasteiger partial charge on any atom is -0.456 e. The summed E-state index contributed by atoms with van der Waals surface area (Å²) in [6.07, 6.45) is 0. The third kappa shape index (κ3) is 9.74. The number of para-hydroxylation sites is 5. The van der Waals surface area contributed by atoms with E-state index in [0.29, 0.717) is 0 Å². The summed E-state index contributed by atoms with van der Waals surface area (Å²) in [5.74, 6) is 0. The molecule has 504 valence electrons. The molecule has 0 saturated heterocycles. The van der Waals surface area contributed by atoms with Crippen LogP contribution in [0.1, 0.15) is 0 Å². The number of benzene rings is 17. The average Bonchev–Trinajstić information content (AvgIpc) is 1.58. The molecule has 108 heavy (non-hydrogen) atoms. The van der Waals surface area contributed by atoms with Crippen molar-refractivity contribution >= 4 is 131 Å². The van der Waals surface area contributed by atoms with Crippen LogP contribution < -0.4 is 0 Å². The van der Waals surface area contributed by atoms with E-state index in [1.807, 2.05) is 12.1 Å². The number of hydrogen-bond donors (Lipinski definition) is 0. The number of aromatic nitrogens is 4. The smallest absolute Gasteiger partial charge is 0.137 e. The summed E-state index contributed by atoms with van der Waals surface area (Å²) in [6.45, 7) is 0. The number of nitrogens with zero attached hydrogens (tertiary/aromatic N) is 4. The summed E-state index contributed by atoms with van der Waals surface area (Å²) >= 11 is 0. The molecule has 17 aromatic carbocycles. The number of furan rings is 2. The largest absolute Gasteiger partial charge is 0.456 e. The van der Waals surface area contributed by atoms with Crippen molar-refractivity contribution < 1.29 is 8.83 Å². The van der Waals surface area contributed by atoms with Gasteiger partial charge in [-0.2, -0.15) is 0 Å². The zero-order valence-corrected chi connectivity index (χ0v) is 58.6. The minimum atomic E-state index is 0.884. The third-order valence-electron chi connectivity index (χ3n) is 22.2. The van der Waals surface area contributed by atoms with E-state index in [4.69, 9.17) is 8.83 Å². The average molecular weight is 1380 g/mol. The maximum absolute atomic E-state index is 6.49. The van der Waals surface area contributed by atoms with Gasteiger partial charge in [-0.15, -0.1) is 0 Å². The van der Waals surface area contributed by atoms with Crippen LogP contribution >= 0.6 is 0 Å². The van der Waals surface area contributed by atoms with Crippen LogP contribution in [0.25, 0.3) is 209 Å². The van der Waals surface area contributed by atoms with Gasteiger partial charge in [0.1, 0.15) is 22.3 Å². The van der Waals surface area contributed by atoms with Crippen LogP contribution in [0.15, 0.2) is 397 Å². The first-order valence-electron chi connectivity index (χ1n) is 36.9. The SMILES string of the molecule is c1ccc(-c2cccc(-n3c4ccccc4c4cc(-c5ccc6c(c5)c5ccccc5n6-c5cccc6oc7ccc(-c8ccccc8)cc7c56)ccc43)c2)cc1.c1ccc(-c2cccc(-n3c4ccccc4c4cc(-c5ccc6c(c5)c5ccccc5n6-c5cccc6oc7ccccc7c56)ccc43)c2)cc1. The Bertz CT molecular complexity index is 7550. The molecule has 0 atom stereocenters. The van der Waals surface area contributed by atoms with Crippen molar-refractivity contribution in [2.45, 2.75) is 0 Å². The van der Waals surface area contributed by atoms with Gasteiger partial charge in [0.05, 0.1) is 66.3 Å². The fourth-order valence-electron chi connectivity index (χ4n) is 17.3. The molecule has 0 aliphatic rings. The molecule has 23 rings (SSSR count). The summed E-state index contributed by atoms with van der Waals surface area (Å²) in [5, 5.41) is 14.4. The first-order valence-corrected chi connectivity index (χ1v) is 36.9. The molecule has 0 bridgehead atoms. The second kappa shape index (κ2) is 24.6. The molecule has 0 unspecified atom stereocenters. The van der Waals surface area contributed by atoms with E-state index in [9.17, 15) is 0 Å². The van der Waals surface area contributed by atoms with Crippen molar-refractivity contribution in [2.24, 2.45) is 0 Å². The molecule has 0 saturated carbocycles. The third-order valence-corrected chi connectivity index (χ3v) is 22.2. The molecule has 0 radical (unpaired) electrons. The molecule has 6 heterocycles. The van der Waals surface area contributed by atoms with Crippen molar-refractivity contribution in [3.8, 4) is 78.4 Å². The monoisotopic (exact) mass is 1380 g/mol. The van der Waals surface area contributed by atoms with Gasteiger partial charge in [-0.3, -0.25) is 0 Å². The van der Waals surface area contributed by atoms with Crippen LogP contribution in [0.2, 0.25) is 0 Å². The highest BCUT2D eigenvalue weighted by Gasteiger charge is 2.23. The van der Waals surface area contributed by atoms with Crippen LogP contribution in [0.3, 0.4) is 0 Å². The molecule has 0 aliphatic heterocycles. The fourth-order valence-corrected chi connectivity index (χ4v) is 17.3. The van der Waals surface area contributed by atoms with Crippen LogP contribution in [0, 0.1) is 0 Å². The van der Waals surface area contributed by atoms with Gasteiger partial charge in [-0.05, 0) is 195 Å². The van der Waals surface area contributed by atoms with Crippen molar-refractivity contribution in [3.63, 3.8) is 0 Å². The quantitative estimate of drug-likeness (QED) is 0.145. The van der Waals surface area contributed by atoms with E-state index in [1.54, 1.807) is 0 Å². The Morgan fingerprint density at radius 3 is 0.833 bits per heavy atom. The number of fused-ring (bicyclic) bond motifs is 18. The van der Waals surface area contributed by atoms with Gasteiger partial charge in [-0.1, -0.05) is 249 Å². The maximum Gasteiger partial charge on any atom is 0.137 e. The molecule has 0 fully saturated rings. The van der Waals surface area contributed by atoms with Crippen molar-refractivity contribution in [2.75, 3.05) is 0 Å². The molecular weight excluding hydrogens is 1310 g/mol. The van der Waals surface area contributed by atoms with Crippen LogP contribution in [-0.2, 0) is 0 Å². The molecule has 0 spiro atoms. The Labute approximate surface area is 620 Å². The lowest BCUT2D eigenvalue weighted by Crippen LogP contribution is -1.95. The van der Waals surface area contributed by atoms with E-state index in [1.165, 1.54) is 137 Å². The number of rotatable bonds is 9.